The zero-order valence-electron chi connectivity index (χ0n) is 11.7. The van der Waals surface area contributed by atoms with Crippen molar-refractivity contribution in [3.8, 4) is 0 Å². The van der Waals surface area contributed by atoms with E-state index in [0.29, 0.717) is 13.2 Å². The highest BCUT2D eigenvalue weighted by molar-refractivity contribution is 5.10. The summed E-state index contributed by atoms with van der Waals surface area (Å²) in [5.41, 5.74) is 2.33. The molecule has 1 heterocycles. The lowest BCUT2D eigenvalue weighted by atomic mass is 10.3. The van der Waals surface area contributed by atoms with Crippen LogP contribution in [0.4, 0.5) is 0 Å². The molecule has 104 valence electrons. The first-order valence-electron chi connectivity index (χ1n) is 6.62. The van der Waals surface area contributed by atoms with E-state index in [1.807, 2.05) is 4.68 Å². The van der Waals surface area contributed by atoms with Crippen LogP contribution in [0.2, 0.25) is 0 Å². The first-order chi connectivity index (χ1) is 8.74. The monoisotopic (exact) mass is 255 g/mol. The van der Waals surface area contributed by atoms with Crippen LogP contribution in [-0.4, -0.2) is 53.2 Å². The number of hydrogen-bond acceptors (Lipinski definition) is 4. The van der Waals surface area contributed by atoms with Gasteiger partial charge in [0.15, 0.2) is 0 Å². The van der Waals surface area contributed by atoms with Gasteiger partial charge in [-0.25, -0.2) is 0 Å². The van der Waals surface area contributed by atoms with Gasteiger partial charge < -0.3 is 9.84 Å². The molecule has 0 atom stereocenters. The van der Waals surface area contributed by atoms with Gasteiger partial charge in [0.1, 0.15) is 0 Å². The highest BCUT2D eigenvalue weighted by Crippen LogP contribution is 2.09. The van der Waals surface area contributed by atoms with Gasteiger partial charge in [-0.05, 0) is 19.4 Å². The summed E-state index contributed by atoms with van der Waals surface area (Å²) in [4.78, 5) is 2.19. The van der Waals surface area contributed by atoms with E-state index >= 15 is 0 Å². The third-order valence-corrected chi connectivity index (χ3v) is 2.99. The van der Waals surface area contributed by atoms with Crippen LogP contribution in [0.25, 0.3) is 0 Å². The van der Waals surface area contributed by atoms with Crippen molar-refractivity contribution in [2.75, 3.05) is 33.4 Å². The lowest BCUT2D eigenvalue weighted by Gasteiger charge is -2.21. The van der Waals surface area contributed by atoms with E-state index in [9.17, 15) is 0 Å². The Morgan fingerprint density at radius 1 is 1.39 bits per heavy atom. The van der Waals surface area contributed by atoms with Crippen LogP contribution in [0.1, 0.15) is 25.2 Å². The van der Waals surface area contributed by atoms with Crippen LogP contribution in [0.15, 0.2) is 6.07 Å². The summed E-state index contributed by atoms with van der Waals surface area (Å²) in [5, 5.41) is 13.6. The molecule has 0 bridgehead atoms. The molecule has 5 nitrogen and oxygen atoms in total. The third-order valence-electron chi connectivity index (χ3n) is 2.99. The Kier molecular flexibility index (Phi) is 6.93. The maximum absolute atomic E-state index is 9.09. The van der Waals surface area contributed by atoms with Crippen molar-refractivity contribution in [1.29, 1.82) is 0 Å². The molecule has 18 heavy (non-hydrogen) atoms. The van der Waals surface area contributed by atoms with E-state index in [1.54, 1.807) is 7.11 Å². The highest BCUT2D eigenvalue weighted by Gasteiger charge is 2.10. The first kappa shape index (κ1) is 15.1. The minimum absolute atomic E-state index is 0.171. The summed E-state index contributed by atoms with van der Waals surface area (Å²) in [7, 11) is 1.70. The molecule has 1 rings (SSSR count). The van der Waals surface area contributed by atoms with E-state index in [-0.39, 0.29) is 6.61 Å². The number of rotatable bonds is 9. The van der Waals surface area contributed by atoms with E-state index in [0.717, 1.165) is 31.7 Å². The molecule has 1 N–H and O–H groups in total. The summed E-state index contributed by atoms with van der Waals surface area (Å²) in [5.74, 6) is 0. The van der Waals surface area contributed by atoms with E-state index < -0.39 is 0 Å². The lowest BCUT2D eigenvalue weighted by Crippen LogP contribution is -2.30. The van der Waals surface area contributed by atoms with Gasteiger partial charge in [-0.2, -0.15) is 5.10 Å². The fourth-order valence-electron chi connectivity index (χ4n) is 1.95. The first-order valence-corrected chi connectivity index (χ1v) is 6.62. The van der Waals surface area contributed by atoms with Gasteiger partial charge in [0.05, 0.1) is 24.6 Å². The molecule has 0 spiro atoms. The van der Waals surface area contributed by atoms with Crippen molar-refractivity contribution in [1.82, 2.24) is 14.7 Å². The van der Waals surface area contributed by atoms with Crippen LogP contribution in [0.5, 0.6) is 0 Å². The molecule has 1 aromatic heterocycles. The molecule has 0 saturated carbocycles. The molecule has 0 fully saturated rings. The van der Waals surface area contributed by atoms with Gasteiger partial charge in [0.25, 0.3) is 0 Å². The van der Waals surface area contributed by atoms with E-state index in [2.05, 4.69) is 29.9 Å². The van der Waals surface area contributed by atoms with Gasteiger partial charge in [-0.15, -0.1) is 0 Å². The Balaban J connectivity index is 2.68. The summed E-state index contributed by atoms with van der Waals surface area (Å²) < 4.78 is 7.13. The molecule has 0 aliphatic rings. The maximum atomic E-state index is 9.09. The minimum Gasteiger partial charge on any atom is -0.395 e. The Hall–Kier alpha value is -0.910. The smallest absolute Gasteiger partial charge is 0.0625 e. The maximum Gasteiger partial charge on any atom is 0.0625 e. The van der Waals surface area contributed by atoms with Gasteiger partial charge in [0.2, 0.25) is 0 Å². The third kappa shape index (κ3) is 4.40. The minimum atomic E-state index is 0.171. The molecule has 0 aliphatic carbocycles. The molecule has 0 saturated heterocycles. The number of methoxy groups -OCH3 is 1. The van der Waals surface area contributed by atoms with Crippen molar-refractivity contribution in [3.05, 3.63) is 17.5 Å². The van der Waals surface area contributed by atoms with Gasteiger partial charge in [0, 0.05) is 33.3 Å². The summed E-state index contributed by atoms with van der Waals surface area (Å²) in [6.07, 6.45) is 0.956. The molecule has 0 unspecified atom stereocenters. The molecule has 0 aromatic carbocycles. The molecule has 5 heteroatoms. The van der Waals surface area contributed by atoms with Gasteiger partial charge >= 0.3 is 0 Å². The molecule has 0 aliphatic heterocycles. The number of aliphatic hydroxyl groups excluding tert-OH is 1. The fraction of sp³-hybridized carbons (Fsp3) is 0.769. The van der Waals surface area contributed by atoms with Crippen LogP contribution in [0, 0.1) is 0 Å². The summed E-state index contributed by atoms with van der Waals surface area (Å²) >= 11 is 0. The second kappa shape index (κ2) is 8.24. The van der Waals surface area contributed by atoms with Crippen molar-refractivity contribution in [2.45, 2.75) is 33.4 Å². The van der Waals surface area contributed by atoms with Crippen molar-refractivity contribution >= 4 is 0 Å². The summed E-state index contributed by atoms with van der Waals surface area (Å²) in [6.45, 7) is 8.25. The molecular weight excluding hydrogens is 230 g/mol. The van der Waals surface area contributed by atoms with Crippen LogP contribution < -0.4 is 0 Å². The molecule has 0 amide bonds. The zero-order chi connectivity index (χ0) is 13.4. The second-order valence-corrected chi connectivity index (χ2v) is 4.29. The average Bonchev–Trinajstić information content (AvgIpc) is 2.78. The van der Waals surface area contributed by atoms with Crippen molar-refractivity contribution < 1.29 is 9.84 Å². The zero-order valence-corrected chi connectivity index (χ0v) is 11.7. The number of ether oxygens (including phenoxy) is 1. The van der Waals surface area contributed by atoms with Gasteiger partial charge in [-0.3, -0.25) is 9.58 Å². The number of aryl methyl sites for hydroxylation is 2. The molecule has 0 radical (unpaired) electrons. The number of aliphatic hydroxyl groups is 1. The predicted molar refractivity (Wildman–Crippen MR) is 71.5 cm³/mol. The number of aromatic nitrogens is 2. The van der Waals surface area contributed by atoms with Crippen molar-refractivity contribution in [3.63, 3.8) is 0 Å². The topological polar surface area (TPSA) is 50.5 Å². The average molecular weight is 255 g/mol. The predicted octanol–water partition coefficient (Wildman–Crippen LogP) is 0.906. The Bertz CT molecular complexity index is 339. The molecular formula is C13H25N3O2. The largest absolute Gasteiger partial charge is 0.395 e. The quantitative estimate of drug-likeness (QED) is 0.712. The van der Waals surface area contributed by atoms with Gasteiger partial charge in [-0.1, -0.05) is 6.92 Å². The normalized spacial score (nSPS) is 11.4. The number of hydrogen-bond donors (Lipinski definition) is 1. The number of nitrogens with zero attached hydrogens (tertiary/aromatic N) is 3. The van der Waals surface area contributed by atoms with Crippen LogP contribution >= 0.6 is 0 Å². The Morgan fingerprint density at radius 2 is 2.17 bits per heavy atom. The van der Waals surface area contributed by atoms with Crippen LogP contribution in [0.3, 0.4) is 0 Å². The van der Waals surface area contributed by atoms with Crippen LogP contribution in [-0.2, 0) is 24.2 Å². The fourth-order valence-corrected chi connectivity index (χ4v) is 1.95. The van der Waals surface area contributed by atoms with Crippen molar-refractivity contribution in [2.24, 2.45) is 0 Å². The highest BCUT2D eigenvalue weighted by atomic mass is 16.5. The van der Waals surface area contributed by atoms with E-state index in [4.69, 9.17) is 9.84 Å². The summed E-state index contributed by atoms with van der Waals surface area (Å²) in [6, 6.07) is 2.15. The van der Waals surface area contributed by atoms with E-state index in [1.165, 1.54) is 5.69 Å². The Labute approximate surface area is 109 Å². The Morgan fingerprint density at radius 3 is 2.72 bits per heavy atom. The standard InChI is InChI=1S/C13H25N3O2/c1-4-12-10-13(16(5-2)14-12)11-15(6-8-17)7-9-18-3/h10,17H,4-9,11H2,1-3H3. The SMILES string of the molecule is CCc1cc(CN(CCO)CCOC)n(CC)n1. The second-order valence-electron chi connectivity index (χ2n) is 4.29. The molecule has 1 aromatic rings. The lowest BCUT2D eigenvalue weighted by molar-refractivity contribution is 0.125.